The molecule has 1 aromatic carbocycles. The molecule has 0 aliphatic carbocycles. The van der Waals surface area contributed by atoms with Crippen molar-refractivity contribution in [3.63, 3.8) is 0 Å². The van der Waals surface area contributed by atoms with Crippen LogP contribution in [-0.2, 0) is 4.74 Å². The highest BCUT2D eigenvalue weighted by atomic mass is 19.1. The van der Waals surface area contributed by atoms with E-state index >= 15 is 0 Å². The van der Waals surface area contributed by atoms with Crippen LogP contribution in [-0.4, -0.2) is 55.2 Å². The first-order chi connectivity index (χ1) is 11.4. The van der Waals surface area contributed by atoms with Gasteiger partial charge in [0.15, 0.2) is 0 Å². The van der Waals surface area contributed by atoms with Gasteiger partial charge in [0.1, 0.15) is 17.2 Å². The van der Waals surface area contributed by atoms with E-state index in [1.807, 2.05) is 13.8 Å². The second-order valence-corrected chi connectivity index (χ2v) is 5.73. The second-order valence-electron chi connectivity index (χ2n) is 5.73. The average Bonchev–Trinajstić information content (AvgIpc) is 2.53. The molecule has 1 aliphatic heterocycles. The molecule has 2 N–H and O–H groups in total. The fraction of sp³-hybridized carbons (Fsp3) is 0.500. The van der Waals surface area contributed by atoms with Gasteiger partial charge in [-0.05, 0) is 26.0 Å². The van der Waals surface area contributed by atoms with Crippen molar-refractivity contribution in [1.29, 1.82) is 0 Å². The van der Waals surface area contributed by atoms with E-state index < -0.39 is 23.1 Å². The molecule has 2 atom stereocenters. The minimum absolute atomic E-state index is 0.0318. The Morgan fingerprint density at radius 2 is 1.83 bits per heavy atom. The van der Waals surface area contributed by atoms with E-state index in [1.165, 1.54) is 6.07 Å². The maximum atomic E-state index is 13.5. The zero-order chi connectivity index (χ0) is 17.7. The largest absolute Gasteiger partial charge is 0.375 e. The number of morpholine rings is 1. The van der Waals surface area contributed by atoms with E-state index in [0.717, 1.165) is 12.1 Å². The van der Waals surface area contributed by atoms with Crippen LogP contribution in [0.4, 0.5) is 13.6 Å². The van der Waals surface area contributed by atoms with Gasteiger partial charge in [0.05, 0.1) is 18.8 Å². The van der Waals surface area contributed by atoms with Crippen molar-refractivity contribution >= 4 is 11.9 Å². The van der Waals surface area contributed by atoms with Crippen LogP contribution in [0.25, 0.3) is 0 Å². The lowest BCUT2D eigenvalue weighted by molar-refractivity contribution is -0.0317. The lowest BCUT2D eigenvalue weighted by Gasteiger charge is -2.36. The number of carbonyl (C=O) groups is 2. The molecule has 8 heteroatoms. The summed E-state index contributed by atoms with van der Waals surface area (Å²) in [6, 6.07) is 2.92. The number of hydrogen-bond acceptors (Lipinski definition) is 3. The standard InChI is InChI=1S/C16H21F2N3O3/c1-10-9-24-11(2)8-21(10)16(23)20-7-6-19-15(22)14-12(17)4-3-5-13(14)18/h3-5,10-11H,6-9H2,1-2H3,(H,19,22)(H,20,23). The Bertz CT molecular complexity index is 592. The summed E-state index contributed by atoms with van der Waals surface area (Å²) in [6.07, 6.45) is -0.0318. The van der Waals surface area contributed by atoms with Gasteiger partial charge in [0, 0.05) is 19.6 Å². The normalized spacial score (nSPS) is 20.6. The molecule has 24 heavy (non-hydrogen) atoms. The summed E-state index contributed by atoms with van der Waals surface area (Å²) in [5, 5.41) is 5.05. The molecule has 0 saturated carbocycles. The van der Waals surface area contributed by atoms with E-state index in [9.17, 15) is 18.4 Å². The van der Waals surface area contributed by atoms with Crippen molar-refractivity contribution in [2.45, 2.75) is 26.0 Å². The monoisotopic (exact) mass is 341 g/mol. The smallest absolute Gasteiger partial charge is 0.317 e. The summed E-state index contributed by atoms with van der Waals surface area (Å²) >= 11 is 0. The molecule has 1 fully saturated rings. The molecule has 0 bridgehead atoms. The number of carbonyl (C=O) groups excluding carboxylic acids is 2. The number of urea groups is 1. The van der Waals surface area contributed by atoms with E-state index in [0.29, 0.717) is 13.2 Å². The zero-order valence-electron chi connectivity index (χ0n) is 13.6. The SMILES string of the molecule is CC1CN(C(=O)NCCNC(=O)c2c(F)cccc2F)C(C)CO1. The minimum Gasteiger partial charge on any atom is -0.375 e. The Balaban J connectivity index is 1.78. The van der Waals surface area contributed by atoms with Crippen molar-refractivity contribution < 1.29 is 23.1 Å². The fourth-order valence-corrected chi connectivity index (χ4v) is 2.44. The summed E-state index contributed by atoms with van der Waals surface area (Å²) in [6.45, 7) is 4.94. The van der Waals surface area contributed by atoms with Crippen LogP contribution < -0.4 is 10.6 Å². The van der Waals surface area contributed by atoms with E-state index in [2.05, 4.69) is 10.6 Å². The second kappa shape index (κ2) is 8.05. The number of rotatable bonds is 4. The predicted octanol–water partition coefficient (Wildman–Crippen LogP) is 1.51. The molecule has 1 aromatic rings. The molecule has 6 nitrogen and oxygen atoms in total. The molecule has 132 valence electrons. The Kier molecular flexibility index (Phi) is 6.08. The van der Waals surface area contributed by atoms with Crippen molar-refractivity contribution in [1.82, 2.24) is 15.5 Å². The topological polar surface area (TPSA) is 70.7 Å². The number of halogens is 2. The Morgan fingerprint density at radius 1 is 1.21 bits per heavy atom. The average molecular weight is 341 g/mol. The highest BCUT2D eigenvalue weighted by molar-refractivity contribution is 5.94. The molecular weight excluding hydrogens is 320 g/mol. The van der Waals surface area contributed by atoms with Crippen LogP contribution in [0.2, 0.25) is 0 Å². The zero-order valence-corrected chi connectivity index (χ0v) is 13.6. The third-order valence-electron chi connectivity index (χ3n) is 3.75. The fourth-order valence-electron chi connectivity index (χ4n) is 2.44. The van der Waals surface area contributed by atoms with Crippen molar-refractivity contribution in [3.05, 3.63) is 35.4 Å². The van der Waals surface area contributed by atoms with Gasteiger partial charge in [-0.25, -0.2) is 13.6 Å². The lowest BCUT2D eigenvalue weighted by atomic mass is 10.2. The third kappa shape index (κ3) is 4.41. The van der Waals surface area contributed by atoms with Crippen molar-refractivity contribution in [3.8, 4) is 0 Å². The summed E-state index contributed by atoms with van der Waals surface area (Å²) in [5.41, 5.74) is -0.626. The molecule has 1 heterocycles. The van der Waals surface area contributed by atoms with Gasteiger partial charge in [0.25, 0.3) is 5.91 Å². The quantitative estimate of drug-likeness (QED) is 0.816. The van der Waals surface area contributed by atoms with Crippen LogP contribution in [0.5, 0.6) is 0 Å². The minimum atomic E-state index is -0.923. The molecule has 3 amide bonds. The molecule has 2 unspecified atom stereocenters. The third-order valence-corrected chi connectivity index (χ3v) is 3.75. The number of nitrogens with one attached hydrogen (secondary N) is 2. The number of nitrogens with zero attached hydrogens (tertiary/aromatic N) is 1. The van der Waals surface area contributed by atoms with Gasteiger partial charge in [-0.3, -0.25) is 4.79 Å². The Labute approximate surface area is 139 Å². The Hall–Kier alpha value is -2.22. The molecule has 2 rings (SSSR count). The van der Waals surface area contributed by atoms with E-state index in [-0.39, 0.29) is 31.3 Å². The van der Waals surface area contributed by atoms with Gasteiger partial charge >= 0.3 is 6.03 Å². The van der Waals surface area contributed by atoms with Crippen molar-refractivity contribution in [2.24, 2.45) is 0 Å². The number of amides is 3. The molecular formula is C16H21F2N3O3. The summed E-state index contributed by atoms with van der Waals surface area (Å²) in [5.74, 6) is -2.70. The first-order valence-corrected chi connectivity index (χ1v) is 7.78. The molecule has 0 spiro atoms. The summed E-state index contributed by atoms with van der Waals surface area (Å²) in [7, 11) is 0. The number of ether oxygens (including phenoxy) is 1. The summed E-state index contributed by atoms with van der Waals surface area (Å²) in [4.78, 5) is 25.6. The van der Waals surface area contributed by atoms with Gasteiger partial charge in [-0.2, -0.15) is 0 Å². The maximum absolute atomic E-state index is 13.5. The highest BCUT2D eigenvalue weighted by Crippen LogP contribution is 2.12. The molecule has 0 aromatic heterocycles. The van der Waals surface area contributed by atoms with Crippen LogP contribution >= 0.6 is 0 Å². The van der Waals surface area contributed by atoms with E-state index in [4.69, 9.17) is 4.74 Å². The number of benzene rings is 1. The Morgan fingerprint density at radius 3 is 2.50 bits per heavy atom. The molecule has 1 saturated heterocycles. The lowest BCUT2D eigenvalue weighted by Crippen LogP contribution is -2.54. The predicted molar refractivity (Wildman–Crippen MR) is 83.7 cm³/mol. The van der Waals surface area contributed by atoms with Gasteiger partial charge < -0.3 is 20.3 Å². The maximum Gasteiger partial charge on any atom is 0.317 e. The van der Waals surface area contributed by atoms with Gasteiger partial charge in [0.2, 0.25) is 0 Å². The van der Waals surface area contributed by atoms with Crippen LogP contribution in [0.1, 0.15) is 24.2 Å². The van der Waals surface area contributed by atoms with E-state index in [1.54, 1.807) is 4.90 Å². The van der Waals surface area contributed by atoms with Gasteiger partial charge in [-0.15, -0.1) is 0 Å². The van der Waals surface area contributed by atoms with Crippen LogP contribution in [0, 0.1) is 11.6 Å². The molecule has 0 radical (unpaired) electrons. The van der Waals surface area contributed by atoms with Crippen LogP contribution in [0.15, 0.2) is 18.2 Å². The first kappa shape index (κ1) is 18.1. The molecule has 1 aliphatic rings. The summed E-state index contributed by atoms with van der Waals surface area (Å²) < 4.78 is 32.4. The highest BCUT2D eigenvalue weighted by Gasteiger charge is 2.27. The number of hydrogen-bond donors (Lipinski definition) is 2. The van der Waals surface area contributed by atoms with Gasteiger partial charge in [-0.1, -0.05) is 6.07 Å². The first-order valence-electron chi connectivity index (χ1n) is 7.78. The van der Waals surface area contributed by atoms with Crippen molar-refractivity contribution in [2.75, 3.05) is 26.2 Å². The van der Waals surface area contributed by atoms with Crippen LogP contribution in [0.3, 0.4) is 0 Å².